The number of ether oxygens (including phenoxy) is 1. The maximum atomic E-state index is 12.1. The summed E-state index contributed by atoms with van der Waals surface area (Å²) in [6, 6.07) is 7.91. The zero-order valence-electron chi connectivity index (χ0n) is 11.4. The summed E-state index contributed by atoms with van der Waals surface area (Å²) in [7, 11) is 1.63. The number of benzene rings is 1. The fraction of sp³-hybridized carbons (Fsp3) is 0.533. The molecule has 4 nitrogen and oxygen atoms in total. The molecule has 0 radical (unpaired) electrons. The molecule has 19 heavy (non-hydrogen) atoms. The first-order chi connectivity index (χ1) is 9.29. The molecular formula is C15H22N2O2. The molecule has 1 fully saturated rings. The van der Waals surface area contributed by atoms with Crippen LogP contribution in [-0.4, -0.2) is 32.1 Å². The molecule has 4 heteroatoms. The summed E-state index contributed by atoms with van der Waals surface area (Å²) in [5, 5.41) is 6.45. The summed E-state index contributed by atoms with van der Waals surface area (Å²) in [4.78, 5) is 12.1. The van der Waals surface area contributed by atoms with Crippen molar-refractivity contribution in [2.75, 3.05) is 20.2 Å². The van der Waals surface area contributed by atoms with Gasteiger partial charge in [-0.3, -0.25) is 4.79 Å². The fourth-order valence-corrected chi connectivity index (χ4v) is 2.44. The number of carbonyl (C=O) groups is 1. The number of hydrogen-bond donors (Lipinski definition) is 2. The molecule has 1 aliphatic rings. The standard InChI is InChI=1S/C15H22N2O2/c1-19-14-8-3-2-6-12(14)10-15(18)17-13-7-4-5-9-16-11-13/h2-3,6,8,13,16H,4-5,7,9-11H2,1H3,(H,17,18). The first-order valence-corrected chi connectivity index (χ1v) is 6.91. The Balaban J connectivity index is 1.89. The summed E-state index contributed by atoms with van der Waals surface area (Å²) in [6.07, 6.45) is 3.80. The molecule has 2 rings (SSSR count). The van der Waals surface area contributed by atoms with Gasteiger partial charge in [0, 0.05) is 18.2 Å². The minimum atomic E-state index is 0.0678. The van der Waals surface area contributed by atoms with Gasteiger partial charge in [0.05, 0.1) is 13.5 Å². The normalized spacial score (nSPS) is 19.5. The smallest absolute Gasteiger partial charge is 0.224 e. The highest BCUT2D eigenvalue weighted by atomic mass is 16.5. The molecule has 1 aliphatic heterocycles. The van der Waals surface area contributed by atoms with E-state index in [2.05, 4.69) is 10.6 Å². The Bertz CT molecular complexity index is 412. The molecule has 104 valence electrons. The monoisotopic (exact) mass is 262 g/mol. The van der Waals surface area contributed by atoms with Crippen molar-refractivity contribution >= 4 is 5.91 Å². The second-order valence-electron chi connectivity index (χ2n) is 4.95. The van der Waals surface area contributed by atoms with Gasteiger partial charge in [-0.25, -0.2) is 0 Å². The Kier molecular flexibility index (Phi) is 5.21. The minimum absolute atomic E-state index is 0.0678. The predicted molar refractivity (Wildman–Crippen MR) is 75.3 cm³/mol. The lowest BCUT2D eigenvalue weighted by atomic mass is 10.1. The number of hydrogen-bond acceptors (Lipinski definition) is 3. The average molecular weight is 262 g/mol. The summed E-state index contributed by atoms with van der Waals surface area (Å²) in [5.41, 5.74) is 0.934. The number of carbonyl (C=O) groups excluding carboxylic acids is 1. The predicted octanol–water partition coefficient (Wildman–Crippen LogP) is 1.50. The first kappa shape index (κ1) is 13.9. The quantitative estimate of drug-likeness (QED) is 0.864. The van der Waals surface area contributed by atoms with Crippen molar-refractivity contribution in [3.63, 3.8) is 0 Å². The Morgan fingerprint density at radius 2 is 2.26 bits per heavy atom. The third-order valence-electron chi connectivity index (χ3n) is 3.46. The zero-order chi connectivity index (χ0) is 13.5. The Labute approximate surface area is 114 Å². The van der Waals surface area contributed by atoms with Crippen molar-refractivity contribution < 1.29 is 9.53 Å². The van der Waals surface area contributed by atoms with Crippen LogP contribution in [0.4, 0.5) is 0 Å². The number of rotatable bonds is 4. The van der Waals surface area contributed by atoms with E-state index in [9.17, 15) is 4.79 Å². The molecular weight excluding hydrogens is 240 g/mol. The van der Waals surface area contributed by atoms with Crippen molar-refractivity contribution in [2.24, 2.45) is 0 Å². The lowest BCUT2D eigenvalue weighted by Gasteiger charge is -2.17. The van der Waals surface area contributed by atoms with E-state index in [0.717, 1.165) is 30.8 Å². The topological polar surface area (TPSA) is 50.4 Å². The van der Waals surface area contributed by atoms with E-state index in [1.54, 1.807) is 7.11 Å². The summed E-state index contributed by atoms with van der Waals surface area (Å²) in [6.45, 7) is 1.93. The highest BCUT2D eigenvalue weighted by Gasteiger charge is 2.15. The molecule has 0 saturated carbocycles. The first-order valence-electron chi connectivity index (χ1n) is 6.91. The highest BCUT2D eigenvalue weighted by Crippen LogP contribution is 2.17. The van der Waals surface area contributed by atoms with Gasteiger partial charge in [0.25, 0.3) is 0 Å². The second kappa shape index (κ2) is 7.14. The molecule has 2 N–H and O–H groups in total. The van der Waals surface area contributed by atoms with Gasteiger partial charge < -0.3 is 15.4 Å². The van der Waals surface area contributed by atoms with Crippen LogP contribution in [-0.2, 0) is 11.2 Å². The molecule has 1 amide bonds. The highest BCUT2D eigenvalue weighted by molar-refractivity contribution is 5.79. The van der Waals surface area contributed by atoms with Crippen LogP contribution in [0, 0.1) is 0 Å². The minimum Gasteiger partial charge on any atom is -0.496 e. The molecule has 0 aromatic heterocycles. The van der Waals surface area contributed by atoms with Gasteiger partial charge in [-0.1, -0.05) is 24.6 Å². The van der Waals surface area contributed by atoms with Crippen LogP contribution < -0.4 is 15.4 Å². The number of nitrogens with one attached hydrogen (secondary N) is 2. The molecule has 1 unspecified atom stereocenters. The van der Waals surface area contributed by atoms with Gasteiger partial charge >= 0.3 is 0 Å². The van der Waals surface area contributed by atoms with Crippen LogP contribution in [0.5, 0.6) is 5.75 Å². The maximum Gasteiger partial charge on any atom is 0.224 e. The molecule has 1 aromatic rings. The van der Waals surface area contributed by atoms with Crippen LogP contribution in [0.2, 0.25) is 0 Å². The van der Waals surface area contributed by atoms with Crippen molar-refractivity contribution in [1.29, 1.82) is 0 Å². The van der Waals surface area contributed by atoms with E-state index in [4.69, 9.17) is 4.74 Å². The number of para-hydroxylation sites is 1. The molecule has 1 atom stereocenters. The van der Waals surface area contributed by atoms with E-state index in [-0.39, 0.29) is 11.9 Å². The fourth-order valence-electron chi connectivity index (χ4n) is 2.44. The van der Waals surface area contributed by atoms with Gasteiger partial charge in [0.1, 0.15) is 5.75 Å². The van der Waals surface area contributed by atoms with Gasteiger partial charge in [0.2, 0.25) is 5.91 Å². The molecule has 1 saturated heterocycles. The summed E-state index contributed by atoms with van der Waals surface area (Å²) >= 11 is 0. The van der Waals surface area contributed by atoms with Gasteiger partial charge in [-0.05, 0) is 25.5 Å². The van der Waals surface area contributed by atoms with Gasteiger partial charge in [-0.15, -0.1) is 0 Å². The zero-order valence-corrected chi connectivity index (χ0v) is 11.4. The largest absolute Gasteiger partial charge is 0.496 e. The van der Waals surface area contributed by atoms with Crippen molar-refractivity contribution in [3.8, 4) is 5.75 Å². The van der Waals surface area contributed by atoms with Crippen LogP contribution >= 0.6 is 0 Å². The second-order valence-corrected chi connectivity index (χ2v) is 4.95. The van der Waals surface area contributed by atoms with Crippen molar-refractivity contribution in [3.05, 3.63) is 29.8 Å². The molecule has 0 spiro atoms. The van der Waals surface area contributed by atoms with Crippen molar-refractivity contribution in [2.45, 2.75) is 31.7 Å². The third-order valence-corrected chi connectivity index (χ3v) is 3.46. The van der Waals surface area contributed by atoms with Crippen LogP contribution in [0.15, 0.2) is 24.3 Å². The van der Waals surface area contributed by atoms with Gasteiger partial charge in [-0.2, -0.15) is 0 Å². The SMILES string of the molecule is COc1ccccc1CC(=O)NC1CCCCNC1. The van der Waals surface area contributed by atoms with E-state index >= 15 is 0 Å². The Morgan fingerprint density at radius 1 is 1.42 bits per heavy atom. The molecule has 0 aliphatic carbocycles. The molecule has 0 bridgehead atoms. The van der Waals surface area contributed by atoms with Crippen LogP contribution in [0.1, 0.15) is 24.8 Å². The third kappa shape index (κ3) is 4.24. The lowest BCUT2D eigenvalue weighted by molar-refractivity contribution is -0.121. The number of methoxy groups -OCH3 is 1. The molecule has 1 heterocycles. The number of amides is 1. The Morgan fingerprint density at radius 3 is 3.11 bits per heavy atom. The molecule has 1 aromatic carbocycles. The Hall–Kier alpha value is -1.55. The summed E-state index contributed by atoms with van der Waals surface area (Å²) < 4.78 is 5.26. The maximum absolute atomic E-state index is 12.1. The van der Waals surface area contributed by atoms with E-state index in [1.807, 2.05) is 24.3 Å². The van der Waals surface area contributed by atoms with E-state index in [1.165, 1.54) is 12.8 Å². The van der Waals surface area contributed by atoms with Crippen LogP contribution in [0.25, 0.3) is 0 Å². The lowest BCUT2D eigenvalue weighted by Crippen LogP contribution is -2.41. The van der Waals surface area contributed by atoms with E-state index < -0.39 is 0 Å². The summed E-state index contributed by atoms with van der Waals surface area (Å²) in [5.74, 6) is 0.842. The average Bonchev–Trinajstić information content (AvgIpc) is 2.68. The van der Waals surface area contributed by atoms with Crippen molar-refractivity contribution in [1.82, 2.24) is 10.6 Å². The van der Waals surface area contributed by atoms with Crippen LogP contribution in [0.3, 0.4) is 0 Å². The van der Waals surface area contributed by atoms with Gasteiger partial charge in [0.15, 0.2) is 0 Å². The van der Waals surface area contributed by atoms with E-state index in [0.29, 0.717) is 6.42 Å².